The lowest BCUT2D eigenvalue weighted by Crippen LogP contribution is -2.27. The number of nitro groups is 1. The van der Waals surface area contributed by atoms with Crippen LogP contribution >= 0.6 is 0 Å². The Morgan fingerprint density at radius 2 is 2.32 bits per heavy atom. The molecule has 0 aliphatic heterocycles. The maximum atomic E-state index is 11.0. The largest absolute Gasteiger partial charge is 0.396 e. The molecule has 1 atom stereocenters. The molecule has 0 fully saturated rings. The van der Waals surface area contributed by atoms with E-state index in [1.54, 1.807) is 6.07 Å². The number of nitrogens with one attached hydrogen (secondary N) is 1. The van der Waals surface area contributed by atoms with Gasteiger partial charge in [-0.05, 0) is 18.4 Å². The Morgan fingerprint density at radius 1 is 1.63 bits per heavy atom. The molecule has 1 rings (SSSR count). The molecule has 7 nitrogen and oxygen atoms in total. The lowest BCUT2D eigenvalue weighted by atomic mass is 10.0. The van der Waals surface area contributed by atoms with Crippen molar-refractivity contribution in [2.24, 2.45) is 5.92 Å². The Morgan fingerprint density at radius 3 is 2.79 bits per heavy atom. The first-order chi connectivity index (χ1) is 9.01. The van der Waals surface area contributed by atoms with Gasteiger partial charge in [-0.1, -0.05) is 13.8 Å². The molecule has 1 aromatic heterocycles. The van der Waals surface area contributed by atoms with E-state index in [1.807, 2.05) is 13.8 Å². The Bertz CT molecular complexity index is 496. The van der Waals surface area contributed by atoms with Gasteiger partial charge in [0.05, 0.1) is 4.92 Å². The summed E-state index contributed by atoms with van der Waals surface area (Å²) in [6.07, 6.45) is 1.80. The minimum Gasteiger partial charge on any atom is -0.396 e. The average molecular weight is 264 g/mol. The second kappa shape index (κ2) is 6.66. The van der Waals surface area contributed by atoms with Gasteiger partial charge < -0.3 is 10.4 Å². The highest BCUT2D eigenvalue weighted by atomic mass is 16.6. The van der Waals surface area contributed by atoms with Gasteiger partial charge in [0.1, 0.15) is 11.6 Å². The molecule has 0 aliphatic carbocycles. The first-order valence-electron chi connectivity index (χ1n) is 5.92. The molecule has 1 heterocycles. The van der Waals surface area contributed by atoms with Crippen LogP contribution in [-0.4, -0.2) is 27.7 Å². The number of pyridine rings is 1. The van der Waals surface area contributed by atoms with Gasteiger partial charge >= 0.3 is 5.69 Å². The predicted octanol–water partition coefficient (Wildman–Crippen LogP) is 1.68. The van der Waals surface area contributed by atoms with E-state index in [0.29, 0.717) is 6.42 Å². The van der Waals surface area contributed by atoms with Crippen LogP contribution in [-0.2, 0) is 0 Å². The third-order valence-electron chi connectivity index (χ3n) is 2.79. The molecule has 19 heavy (non-hydrogen) atoms. The van der Waals surface area contributed by atoms with Crippen LogP contribution in [0.1, 0.15) is 25.8 Å². The van der Waals surface area contributed by atoms with Crippen LogP contribution in [0.15, 0.2) is 12.3 Å². The first kappa shape index (κ1) is 14.9. The summed E-state index contributed by atoms with van der Waals surface area (Å²) in [5.74, 6) is 0.232. The predicted molar refractivity (Wildman–Crippen MR) is 69.6 cm³/mol. The normalized spacial score (nSPS) is 11.9. The van der Waals surface area contributed by atoms with Crippen LogP contribution in [0.5, 0.6) is 0 Å². The molecule has 0 amide bonds. The quantitative estimate of drug-likeness (QED) is 0.597. The number of aliphatic hydroxyl groups excluding tert-OH is 1. The molecule has 2 N–H and O–H groups in total. The Labute approximate surface area is 111 Å². The van der Waals surface area contributed by atoms with Crippen LogP contribution in [0.25, 0.3) is 0 Å². The summed E-state index contributed by atoms with van der Waals surface area (Å²) >= 11 is 0. The lowest BCUT2D eigenvalue weighted by molar-refractivity contribution is -0.384. The number of aliphatic hydroxyl groups is 1. The first-order valence-corrected chi connectivity index (χ1v) is 5.92. The monoisotopic (exact) mass is 264 g/mol. The molecule has 7 heteroatoms. The standard InChI is InChI=1S/C12H16N4O3/c1-8(2)10(4-6-17)15-12-11(16(18)19)9(7-13)3-5-14-12/h3,5,8,10,17H,4,6H2,1-2H3,(H,14,15). The summed E-state index contributed by atoms with van der Waals surface area (Å²) in [5.41, 5.74) is -0.359. The van der Waals surface area contributed by atoms with E-state index in [0.717, 1.165) is 0 Å². The summed E-state index contributed by atoms with van der Waals surface area (Å²) in [6, 6.07) is 2.94. The van der Waals surface area contributed by atoms with Crippen molar-refractivity contribution in [2.45, 2.75) is 26.3 Å². The van der Waals surface area contributed by atoms with Crippen molar-refractivity contribution in [1.29, 1.82) is 5.26 Å². The number of hydrogen-bond acceptors (Lipinski definition) is 6. The molecule has 102 valence electrons. The SMILES string of the molecule is CC(C)C(CCO)Nc1nccc(C#N)c1[N+](=O)[O-]. The Kier molecular flexibility index (Phi) is 5.21. The van der Waals surface area contributed by atoms with Crippen LogP contribution in [0.3, 0.4) is 0 Å². The zero-order valence-corrected chi connectivity index (χ0v) is 10.8. The van der Waals surface area contributed by atoms with Gasteiger partial charge in [-0.2, -0.15) is 5.26 Å². The Balaban J connectivity index is 3.13. The maximum absolute atomic E-state index is 11.0. The van der Waals surface area contributed by atoms with Gasteiger partial charge in [0.15, 0.2) is 0 Å². The van der Waals surface area contributed by atoms with Crippen molar-refractivity contribution in [3.63, 3.8) is 0 Å². The van der Waals surface area contributed by atoms with Gasteiger partial charge in [0, 0.05) is 18.8 Å². The van der Waals surface area contributed by atoms with Crippen molar-refractivity contribution in [3.05, 3.63) is 27.9 Å². The number of anilines is 1. The van der Waals surface area contributed by atoms with E-state index < -0.39 is 4.92 Å². The summed E-state index contributed by atoms with van der Waals surface area (Å²) in [5, 5.41) is 31.9. The van der Waals surface area contributed by atoms with Crippen molar-refractivity contribution in [1.82, 2.24) is 4.98 Å². The lowest BCUT2D eigenvalue weighted by Gasteiger charge is -2.21. The minimum atomic E-state index is -0.621. The van der Waals surface area contributed by atoms with Gasteiger partial charge in [-0.25, -0.2) is 4.98 Å². The van der Waals surface area contributed by atoms with E-state index in [4.69, 9.17) is 10.4 Å². The molecule has 1 aromatic rings. The molecular weight excluding hydrogens is 248 g/mol. The fourth-order valence-corrected chi connectivity index (χ4v) is 1.72. The number of hydrogen-bond donors (Lipinski definition) is 2. The van der Waals surface area contributed by atoms with Crippen molar-refractivity contribution in [2.75, 3.05) is 11.9 Å². The highest BCUT2D eigenvalue weighted by Gasteiger charge is 2.24. The molecule has 0 aliphatic rings. The summed E-state index contributed by atoms with van der Waals surface area (Å²) in [7, 11) is 0. The van der Waals surface area contributed by atoms with Gasteiger partial charge in [0.25, 0.3) is 0 Å². The van der Waals surface area contributed by atoms with E-state index in [9.17, 15) is 10.1 Å². The summed E-state index contributed by atoms with van der Waals surface area (Å²) in [6.45, 7) is 3.85. The molecule has 0 bridgehead atoms. The maximum Gasteiger partial charge on any atom is 0.328 e. The van der Waals surface area contributed by atoms with Crippen molar-refractivity contribution in [3.8, 4) is 6.07 Å². The van der Waals surface area contributed by atoms with Gasteiger partial charge in [0.2, 0.25) is 5.82 Å². The molecule has 0 saturated heterocycles. The van der Waals surface area contributed by atoms with Crippen LogP contribution < -0.4 is 5.32 Å². The fourth-order valence-electron chi connectivity index (χ4n) is 1.72. The van der Waals surface area contributed by atoms with E-state index in [1.165, 1.54) is 12.3 Å². The summed E-state index contributed by atoms with van der Waals surface area (Å²) in [4.78, 5) is 14.3. The van der Waals surface area contributed by atoms with Crippen molar-refractivity contribution < 1.29 is 10.0 Å². The zero-order chi connectivity index (χ0) is 14.4. The van der Waals surface area contributed by atoms with Crippen LogP contribution in [0.2, 0.25) is 0 Å². The molecule has 0 radical (unpaired) electrons. The molecule has 0 spiro atoms. The number of rotatable bonds is 6. The van der Waals surface area contributed by atoms with E-state index in [-0.39, 0.29) is 35.6 Å². The second-order valence-corrected chi connectivity index (χ2v) is 4.43. The topological polar surface area (TPSA) is 112 Å². The molecule has 0 aromatic carbocycles. The highest BCUT2D eigenvalue weighted by molar-refractivity contribution is 5.64. The number of nitriles is 1. The molecular formula is C12H16N4O3. The van der Waals surface area contributed by atoms with E-state index in [2.05, 4.69) is 10.3 Å². The third kappa shape index (κ3) is 3.63. The number of aromatic nitrogens is 1. The molecule has 1 unspecified atom stereocenters. The minimum absolute atomic E-state index is 0.0262. The highest BCUT2D eigenvalue weighted by Crippen LogP contribution is 2.27. The van der Waals surface area contributed by atoms with Crippen LogP contribution in [0, 0.1) is 27.4 Å². The van der Waals surface area contributed by atoms with Crippen LogP contribution in [0.4, 0.5) is 11.5 Å². The van der Waals surface area contributed by atoms with E-state index >= 15 is 0 Å². The second-order valence-electron chi connectivity index (χ2n) is 4.43. The zero-order valence-electron chi connectivity index (χ0n) is 10.8. The average Bonchev–Trinajstić information content (AvgIpc) is 2.37. The summed E-state index contributed by atoms with van der Waals surface area (Å²) < 4.78 is 0. The van der Waals surface area contributed by atoms with Crippen molar-refractivity contribution >= 4 is 11.5 Å². The number of nitrogens with zero attached hydrogens (tertiary/aromatic N) is 3. The third-order valence-corrected chi connectivity index (χ3v) is 2.79. The molecule has 0 saturated carbocycles. The smallest absolute Gasteiger partial charge is 0.328 e. The van der Waals surface area contributed by atoms with Gasteiger partial charge in [-0.15, -0.1) is 0 Å². The van der Waals surface area contributed by atoms with Gasteiger partial charge in [-0.3, -0.25) is 10.1 Å². The Hall–Kier alpha value is -2.20. The fraction of sp³-hybridized carbons (Fsp3) is 0.500.